The van der Waals surface area contributed by atoms with Gasteiger partial charge >= 0.3 is 0 Å². The molecule has 7 nitrogen and oxygen atoms in total. The molecule has 2 unspecified atom stereocenters. The first kappa shape index (κ1) is 16.2. The van der Waals surface area contributed by atoms with Gasteiger partial charge in [-0.15, -0.1) is 11.3 Å². The van der Waals surface area contributed by atoms with Crippen molar-refractivity contribution in [1.82, 2.24) is 20.1 Å². The molecule has 0 radical (unpaired) electrons. The fourth-order valence-corrected chi connectivity index (χ4v) is 2.78. The number of carbonyl (C=O) groups excluding carboxylic acids is 2. The Morgan fingerprint density at radius 2 is 2.18 bits per heavy atom. The number of carbonyl (C=O) groups is 2. The van der Waals surface area contributed by atoms with E-state index in [0.29, 0.717) is 9.88 Å². The lowest BCUT2D eigenvalue weighted by atomic mass is 9.98. The predicted octanol–water partition coefficient (Wildman–Crippen LogP) is 1.17. The van der Waals surface area contributed by atoms with E-state index in [2.05, 4.69) is 15.4 Å². The number of hydrogen-bond donors (Lipinski definition) is 2. The van der Waals surface area contributed by atoms with Crippen LogP contribution in [0.25, 0.3) is 10.6 Å². The smallest absolute Gasteiger partial charge is 0.263 e. The molecule has 0 aliphatic rings. The van der Waals surface area contributed by atoms with Crippen LogP contribution in [0.1, 0.15) is 29.9 Å². The van der Waals surface area contributed by atoms with Crippen LogP contribution in [0.3, 0.4) is 0 Å². The summed E-state index contributed by atoms with van der Waals surface area (Å²) in [5.41, 5.74) is 6.21. The van der Waals surface area contributed by atoms with Gasteiger partial charge in [0.25, 0.3) is 5.91 Å². The second-order valence-electron chi connectivity index (χ2n) is 5.17. The normalized spacial score (nSPS) is 13.6. The number of nitrogens with zero attached hydrogens (tertiary/aromatic N) is 3. The SMILES string of the molecule is CCC(C)C(NC(=O)c1cnc(-c2cnn(C)c2)s1)C(N)=O. The maximum Gasteiger partial charge on any atom is 0.263 e. The van der Waals surface area contributed by atoms with Gasteiger partial charge in [0.1, 0.15) is 15.9 Å². The quantitative estimate of drug-likeness (QED) is 0.833. The van der Waals surface area contributed by atoms with Crippen molar-refractivity contribution in [1.29, 1.82) is 0 Å². The standard InChI is InChI=1S/C14H19N5O2S/c1-4-8(2)11(12(15)20)18-13(21)10-6-16-14(22-10)9-5-17-19(3)7-9/h5-8,11H,4H2,1-3H3,(H2,15,20)(H,18,21). The number of hydrogen-bond acceptors (Lipinski definition) is 5. The van der Waals surface area contributed by atoms with Crippen LogP contribution in [0.4, 0.5) is 0 Å². The molecule has 2 aromatic rings. The van der Waals surface area contributed by atoms with Gasteiger partial charge in [0.15, 0.2) is 0 Å². The lowest BCUT2D eigenvalue weighted by molar-refractivity contribution is -0.120. The third kappa shape index (κ3) is 3.51. The highest BCUT2D eigenvalue weighted by molar-refractivity contribution is 7.16. The number of thiazole rings is 1. The number of nitrogens with one attached hydrogen (secondary N) is 1. The number of aromatic nitrogens is 3. The molecular weight excluding hydrogens is 302 g/mol. The van der Waals surface area contributed by atoms with Crippen molar-refractivity contribution in [3.63, 3.8) is 0 Å². The van der Waals surface area contributed by atoms with E-state index in [9.17, 15) is 9.59 Å². The minimum atomic E-state index is -0.679. The van der Waals surface area contributed by atoms with Crippen LogP contribution in [0, 0.1) is 5.92 Å². The van der Waals surface area contributed by atoms with Gasteiger partial charge in [-0.25, -0.2) is 4.98 Å². The Hall–Kier alpha value is -2.22. The van der Waals surface area contributed by atoms with Crippen molar-refractivity contribution in [3.05, 3.63) is 23.5 Å². The molecule has 2 rings (SSSR count). The van der Waals surface area contributed by atoms with Crippen LogP contribution in [0.5, 0.6) is 0 Å². The highest BCUT2D eigenvalue weighted by atomic mass is 32.1. The Kier molecular flexibility index (Phi) is 4.92. The van der Waals surface area contributed by atoms with Gasteiger partial charge in [0.2, 0.25) is 5.91 Å². The van der Waals surface area contributed by atoms with Gasteiger partial charge in [-0.2, -0.15) is 5.10 Å². The summed E-state index contributed by atoms with van der Waals surface area (Å²) in [6.07, 6.45) is 5.76. The number of nitrogens with two attached hydrogens (primary N) is 1. The van der Waals surface area contributed by atoms with E-state index in [0.717, 1.165) is 12.0 Å². The van der Waals surface area contributed by atoms with Crippen molar-refractivity contribution < 1.29 is 9.59 Å². The lowest BCUT2D eigenvalue weighted by Crippen LogP contribution is -2.48. The minimum absolute atomic E-state index is 0.0211. The van der Waals surface area contributed by atoms with E-state index in [-0.39, 0.29) is 11.8 Å². The van der Waals surface area contributed by atoms with E-state index in [1.807, 2.05) is 27.1 Å². The average Bonchev–Trinajstić information content (AvgIpc) is 3.11. The molecule has 8 heteroatoms. The molecule has 2 aromatic heterocycles. The fourth-order valence-electron chi connectivity index (χ4n) is 1.99. The monoisotopic (exact) mass is 321 g/mol. The Bertz CT molecular complexity index is 678. The fraction of sp³-hybridized carbons (Fsp3) is 0.429. The highest BCUT2D eigenvalue weighted by Crippen LogP contribution is 2.24. The summed E-state index contributed by atoms with van der Waals surface area (Å²) in [5, 5.41) is 7.47. The van der Waals surface area contributed by atoms with Crippen molar-refractivity contribution in [3.8, 4) is 10.6 Å². The molecule has 0 aliphatic heterocycles. The Labute approximate surface area is 132 Å². The maximum atomic E-state index is 12.3. The third-order valence-corrected chi connectivity index (χ3v) is 4.53. The molecule has 0 fully saturated rings. The van der Waals surface area contributed by atoms with Gasteiger partial charge in [-0.1, -0.05) is 20.3 Å². The molecule has 0 saturated heterocycles. The van der Waals surface area contributed by atoms with Crippen LogP contribution < -0.4 is 11.1 Å². The van der Waals surface area contributed by atoms with Crippen LogP contribution in [-0.4, -0.2) is 32.6 Å². The van der Waals surface area contributed by atoms with Crippen LogP contribution in [-0.2, 0) is 11.8 Å². The first-order chi connectivity index (χ1) is 10.4. The van der Waals surface area contributed by atoms with Gasteiger partial charge in [-0.3, -0.25) is 14.3 Å². The summed E-state index contributed by atoms with van der Waals surface area (Å²) < 4.78 is 1.67. The van der Waals surface area contributed by atoms with Gasteiger partial charge in [-0.05, 0) is 5.92 Å². The number of amides is 2. The molecule has 0 bridgehead atoms. The molecule has 2 heterocycles. The number of aryl methyl sites for hydroxylation is 1. The summed E-state index contributed by atoms with van der Waals surface area (Å²) in [6, 6.07) is -0.679. The zero-order valence-electron chi connectivity index (χ0n) is 12.7. The van der Waals surface area contributed by atoms with E-state index >= 15 is 0 Å². The highest BCUT2D eigenvalue weighted by Gasteiger charge is 2.25. The van der Waals surface area contributed by atoms with Gasteiger partial charge in [0.05, 0.1) is 12.4 Å². The van der Waals surface area contributed by atoms with Crippen molar-refractivity contribution in [2.45, 2.75) is 26.3 Å². The molecule has 3 N–H and O–H groups in total. The molecule has 0 saturated carbocycles. The Morgan fingerprint density at radius 1 is 1.45 bits per heavy atom. The van der Waals surface area contributed by atoms with Crippen molar-refractivity contribution in [2.75, 3.05) is 0 Å². The second-order valence-corrected chi connectivity index (χ2v) is 6.20. The lowest BCUT2D eigenvalue weighted by Gasteiger charge is -2.20. The first-order valence-corrected chi connectivity index (χ1v) is 7.79. The summed E-state index contributed by atoms with van der Waals surface area (Å²) in [5.74, 6) is -0.886. The van der Waals surface area contributed by atoms with E-state index in [1.54, 1.807) is 10.9 Å². The second kappa shape index (κ2) is 6.69. The topological polar surface area (TPSA) is 103 Å². The van der Waals surface area contributed by atoms with Gasteiger partial charge < -0.3 is 11.1 Å². The molecule has 2 atom stereocenters. The van der Waals surface area contributed by atoms with E-state index in [1.165, 1.54) is 17.5 Å². The van der Waals surface area contributed by atoms with Crippen LogP contribution in [0.15, 0.2) is 18.6 Å². The predicted molar refractivity (Wildman–Crippen MR) is 84.2 cm³/mol. The number of rotatable bonds is 6. The molecule has 0 spiro atoms. The molecule has 22 heavy (non-hydrogen) atoms. The largest absolute Gasteiger partial charge is 0.368 e. The Balaban J connectivity index is 2.13. The van der Waals surface area contributed by atoms with E-state index in [4.69, 9.17) is 5.73 Å². The van der Waals surface area contributed by atoms with Crippen molar-refractivity contribution in [2.24, 2.45) is 18.7 Å². The zero-order chi connectivity index (χ0) is 16.3. The zero-order valence-corrected chi connectivity index (χ0v) is 13.6. The molecule has 0 aliphatic carbocycles. The molecular formula is C14H19N5O2S. The summed E-state index contributed by atoms with van der Waals surface area (Å²) in [6.45, 7) is 3.82. The van der Waals surface area contributed by atoms with E-state index < -0.39 is 11.9 Å². The average molecular weight is 321 g/mol. The third-order valence-electron chi connectivity index (χ3n) is 3.49. The number of primary amides is 1. The Morgan fingerprint density at radius 3 is 2.73 bits per heavy atom. The molecule has 118 valence electrons. The van der Waals surface area contributed by atoms with Crippen molar-refractivity contribution >= 4 is 23.2 Å². The molecule has 2 amide bonds. The first-order valence-electron chi connectivity index (χ1n) is 6.97. The van der Waals surface area contributed by atoms with Crippen LogP contribution in [0.2, 0.25) is 0 Å². The maximum absolute atomic E-state index is 12.3. The van der Waals surface area contributed by atoms with Crippen LogP contribution >= 0.6 is 11.3 Å². The summed E-state index contributed by atoms with van der Waals surface area (Å²) in [4.78, 5) is 28.4. The summed E-state index contributed by atoms with van der Waals surface area (Å²) in [7, 11) is 1.81. The molecule has 0 aromatic carbocycles. The minimum Gasteiger partial charge on any atom is -0.368 e. The van der Waals surface area contributed by atoms with Gasteiger partial charge in [0, 0.05) is 18.8 Å². The summed E-state index contributed by atoms with van der Waals surface area (Å²) >= 11 is 1.25.